The Bertz CT molecular complexity index is 939. The van der Waals surface area contributed by atoms with E-state index in [2.05, 4.69) is 0 Å². The quantitative estimate of drug-likeness (QED) is 0.720. The largest absolute Gasteiger partial charge is 0.496 e. The van der Waals surface area contributed by atoms with Crippen molar-refractivity contribution in [1.29, 1.82) is 0 Å². The third-order valence-electron chi connectivity index (χ3n) is 4.94. The third kappa shape index (κ3) is 4.39. The zero-order valence-electron chi connectivity index (χ0n) is 16.6. The first-order valence-electron chi connectivity index (χ1n) is 9.20. The molecular weight excluding hydrogens is 374 g/mol. The zero-order valence-corrected chi connectivity index (χ0v) is 16.6. The fraction of sp³-hybridized carbons (Fsp3) is 0.318. The second-order valence-electron chi connectivity index (χ2n) is 6.81. The molecule has 0 saturated heterocycles. The molecule has 3 rings (SSSR count). The van der Waals surface area contributed by atoms with Gasteiger partial charge in [0.25, 0.3) is 5.91 Å². The van der Waals surface area contributed by atoms with Crippen LogP contribution in [0, 0.1) is 6.92 Å². The maximum Gasteiger partial charge on any atom is 0.342 e. The fourth-order valence-corrected chi connectivity index (χ4v) is 3.40. The van der Waals surface area contributed by atoms with Crippen molar-refractivity contribution in [2.45, 2.75) is 25.9 Å². The number of hydrogen-bond donors (Lipinski definition) is 0. The maximum absolute atomic E-state index is 12.8. The van der Waals surface area contributed by atoms with Gasteiger partial charge in [-0.1, -0.05) is 35.9 Å². The Balaban J connectivity index is 1.74. The lowest BCUT2D eigenvalue weighted by Crippen LogP contribution is -2.50. The fourth-order valence-electron chi connectivity index (χ4n) is 3.40. The van der Waals surface area contributed by atoms with Crippen molar-refractivity contribution in [3.63, 3.8) is 0 Å². The van der Waals surface area contributed by atoms with E-state index in [9.17, 15) is 14.4 Å². The van der Waals surface area contributed by atoms with Gasteiger partial charge in [-0.2, -0.15) is 0 Å². The van der Waals surface area contributed by atoms with Crippen molar-refractivity contribution in [2.24, 2.45) is 0 Å². The molecular formula is C22H23NO6. The Morgan fingerprint density at radius 2 is 1.79 bits per heavy atom. The lowest BCUT2D eigenvalue weighted by atomic mass is 9.94. The molecule has 0 N–H and O–H groups in total. The molecule has 152 valence electrons. The van der Waals surface area contributed by atoms with E-state index in [4.69, 9.17) is 14.2 Å². The molecule has 1 amide bonds. The Morgan fingerprint density at radius 1 is 1.07 bits per heavy atom. The van der Waals surface area contributed by atoms with E-state index < -0.39 is 30.5 Å². The lowest BCUT2D eigenvalue weighted by molar-refractivity contribution is -0.155. The number of methoxy groups -OCH3 is 2. The number of benzene rings is 2. The molecule has 7 nitrogen and oxygen atoms in total. The first kappa shape index (κ1) is 20.4. The van der Waals surface area contributed by atoms with Crippen molar-refractivity contribution in [3.05, 3.63) is 64.7 Å². The van der Waals surface area contributed by atoms with Gasteiger partial charge in [-0.15, -0.1) is 0 Å². The van der Waals surface area contributed by atoms with Gasteiger partial charge >= 0.3 is 11.9 Å². The van der Waals surface area contributed by atoms with E-state index in [-0.39, 0.29) is 12.1 Å². The molecule has 1 atom stereocenters. The van der Waals surface area contributed by atoms with Crippen molar-refractivity contribution < 1.29 is 28.6 Å². The highest BCUT2D eigenvalue weighted by Gasteiger charge is 2.35. The van der Waals surface area contributed by atoms with Gasteiger partial charge in [0.15, 0.2) is 6.61 Å². The minimum Gasteiger partial charge on any atom is -0.496 e. The molecule has 1 aliphatic heterocycles. The molecule has 7 heteroatoms. The summed E-state index contributed by atoms with van der Waals surface area (Å²) in [5, 5.41) is 0. The van der Waals surface area contributed by atoms with Gasteiger partial charge in [-0.25, -0.2) is 9.59 Å². The van der Waals surface area contributed by atoms with Gasteiger partial charge in [0, 0.05) is 13.0 Å². The summed E-state index contributed by atoms with van der Waals surface area (Å²) in [5.74, 6) is -1.26. The number of nitrogens with zero attached hydrogens (tertiary/aromatic N) is 1. The van der Waals surface area contributed by atoms with Crippen LogP contribution in [-0.2, 0) is 32.0 Å². The van der Waals surface area contributed by atoms with E-state index in [0.717, 1.165) is 16.7 Å². The van der Waals surface area contributed by atoms with Crippen LogP contribution in [-0.4, -0.2) is 49.6 Å². The number of esters is 2. The number of aryl methyl sites for hydroxylation is 1. The number of fused-ring (bicyclic) bond motifs is 1. The van der Waals surface area contributed by atoms with Crippen LogP contribution in [0.5, 0.6) is 5.75 Å². The van der Waals surface area contributed by atoms with Crippen LogP contribution in [0.15, 0.2) is 42.5 Å². The van der Waals surface area contributed by atoms with E-state index >= 15 is 0 Å². The Labute approximate surface area is 169 Å². The predicted octanol–water partition coefficient (Wildman–Crippen LogP) is 2.29. The molecule has 0 bridgehead atoms. The molecule has 0 spiro atoms. The SMILES string of the molecule is COC(=O)[C@@H]1Cc2ccccc2CN1C(=O)COC(=O)c1cc(C)ccc1OC. The summed E-state index contributed by atoms with van der Waals surface area (Å²) in [6.07, 6.45) is 0.355. The van der Waals surface area contributed by atoms with Crippen LogP contribution >= 0.6 is 0 Å². The van der Waals surface area contributed by atoms with Crippen LogP contribution in [0.2, 0.25) is 0 Å². The Morgan fingerprint density at radius 3 is 2.48 bits per heavy atom. The van der Waals surface area contributed by atoms with Gasteiger partial charge in [0.05, 0.1) is 14.2 Å². The molecule has 29 heavy (non-hydrogen) atoms. The summed E-state index contributed by atoms with van der Waals surface area (Å²) >= 11 is 0. The van der Waals surface area contributed by atoms with Gasteiger partial charge in [0.2, 0.25) is 0 Å². The zero-order chi connectivity index (χ0) is 21.0. The molecule has 0 fully saturated rings. The normalized spacial score (nSPS) is 15.3. The highest BCUT2D eigenvalue weighted by atomic mass is 16.5. The Hall–Kier alpha value is -3.35. The number of ether oxygens (including phenoxy) is 3. The summed E-state index contributed by atoms with van der Waals surface area (Å²) in [6, 6.07) is 12.0. The lowest BCUT2D eigenvalue weighted by Gasteiger charge is -2.35. The minimum absolute atomic E-state index is 0.244. The van der Waals surface area contributed by atoms with E-state index in [0.29, 0.717) is 12.2 Å². The monoisotopic (exact) mass is 397 g/mol. The Kier molecular flexibility index (Phi) is 6.16. The number of carbonyl (C=O) groups excluding carboxylic acids is 3. The van der Waals surface area contributed by atoms with E-state index in [1.165, 1.54) is 19.1 Å². The van der Waals surface area contributed by atoms with Gasteiger partial charge in [-0.3, -0.25) is 4.79 Å². The van der Waals surface area contributed by atoms with Crippen LogP contribution in [0.1, 0.15) is 27.0 Å². The van der Waals surface area contributed by atoms with E-state index in [1.54, 1.807) is 12.1 Å². The number of hydrogen-bond acceptors (Lipinski definition) is 6. The average Bonchev–Trinajstić information content (AvgIpc) is 2.75. The first-order chi connectivity index (χ1) is 13.9. The molecule has 0 aromatic heterocycles. The highest BCUT2D eigenvalue weighted by molar-refractivity contribution is 5.94. The topological polar surface area (TPSA) is 82.1 Å². The molecule has 2 aromatic rings. The second-order valence-corrected chi connectivity index (χ2v) is 6.81. The van der Waals surface area contributed by atoms with Crippen molar-refractivity contribution in [1.82, 2.24) is 4.90 Å². The summed E-state index contributed by atoms with van der Waals surface area (Å²) in [7, 11) is 2.74. The molecule has 2 aromatic carbocycles. The molecule has 0 radical (unpaired) electrons. The molecule has 0 unspecified atom stereocenters. The van der Waals surface area contributed by atoms with Crippen molar-refractivity contribution in [2.75, 3.05) is 20.8 Å². The number of rotatable bonds is 5. The highest BCUT2D eigenvalue weighted by Crippen LogP contribution is 2.25. The molecule has 1 heterocycles. The summed E-state index contributed by atoms with van der Waals surface area (Å²) < 4.78 is 15.3. The second kappa shape index (κ2) is 8.77. The minimum atomic E-state index is -0.755. The molecule has 0 aliphatic carbocycles. The third-order valence-corrected chi connectivity index (χ3v) is 4.94. The molecule has 0 saturated carbocycles. The summed E-state index contributed by atoms with van der Waals surface area (Å²) in [6.45, 7) is 1.61. The van der Waals surface area contributed by atoms with Gasteiger partial charge < -0.3 is 19.1 Å². The molecule has 1 aliphatic rings. The van der Waals surface area contributed by atoms with Crippen molar-refractivity contribution in [3.8, 4) is 5.75 Å². The van der Waals surface area contributed by atoms with Crippen LogP contribution in [0.3, 0.4) is 0 Å². The van der Waals surface area contributed by atoms with Gasteiger partial charge in [-0.05, 0) is 30.2 Å². The van der Waals surface area contributed by atoms with Crippen LogP contribution in [0.25, 0.3) is 0 Å². The smallest absolute Gasteiger partial charge is 0.342 e. The summed E-state index contributed by atoms with van der Waals surface area (Å²) in [5.41, 5.74) is 3.05. The standard InChI is InChI=1S/C22H23NO6/c1-14-8-9-19(27-2)17(10-14)21(25)29-13-20(24)23-12-16-7-5-4-6-15(16)11-18(23)22(26)28-3/h4-10,18H,11-13H2,1-3H3/t18-/m0/s1. The number of amides is 1. The predicted molar refractivity (Wildman–Crippen MR) is 105 cm³/mol. The maximum atomic E-state index is 12.8. The van der Waals surface area contributed by atoms with Crippen LogP contribution < -0.4 is 4.74 Å². The van der Waals surface area contributed by atoms with Crippen LogP contribution in [0.4, 0.5) is 0 Å². The number of carbonyl (C=O) groups is 3. The first-order valence-corrected chi connectivity index (χ1v) is 9.20. The van der Waals surface area contributed by atoms with Crippen molar-refractivity contribution >= 4 is 17.8 Å². The average molecular weight is 397 g/mol. The van der Waals surface area contributed by atoms with Gasteiger partial charge in [0.1, 0.15) is 17.4 Å². The summed E-state index contributed by atoms with van der Waals surface area (Å²) in [4.78, 5) is 38.9. The van der Waals surface area contributed by atoms with E-state index in [1.807, 2.05) is 37.3 Å².